The van der Waals surface area contributed by atoms with Crippen molar-refractivity contribution >= 4 is 17.6 Å². The Hall–Kier alpha value is -2.08. The highest BCUT2D eigenvalue weighted by Crippen LogP contribution is 2.24. The van der Waals surface area contributed by atoms with Crippen LogP contribution in [0.4, 0.5) is 5.69 Å². The van der Waals surface area contributed by atoms with E-state index in [1.165, 1.54) is 0 Å². The Kier molecular flexibility index (Phi) is 6.61. The van der Waals surface area contributed by atoms with Crippen molar-refractivity contribution in [2.75, 3.05) is 38.7 Å². The summed E-state index contributed by atoms with van der Waals surface area (Å²) in [6, 6.07) is 5.67. The minimum absolute atomic E-state index is 0.0709. The van der Waals surface area contributed by atoms with Gasteiger partial charge in [-0.05, 0) is 44.4 Å². The molecule has 1 fully saturated rings. The molecule has 24 heavy (non-hydrogen) atoms. The maximum atomic E-state index is 12.4. The average molecular weight is 335 g/mol. The van der Waals surface area contributed by atoms with Gasteiger partial charge in [0.25, 0.3) is 5.91 Å². The van der Waals surface area contributed by atoms with Crippen LogP contribution < -0.4 is 15.0 Å². The number of anilines is 1. The van der Waals surface area contributed by atoms with Crippen molar-refractivity contribution < 1.29 is 24.0 Å². The summed E-state index contributed by atoms with van der Waals surface area (Å²) < 4.78 is 10.4. The van der Waals surface area contributed by atoms with Gasteiger partial charge in [-0.1, -0.05) is 6.07 Å². The van der Waals surface area contributed by atoms with Crippen LogP contribution >= 0.6 is 0 Å². The van der Waals surface area contributed by atoms with Gasteiger partial charge in [-0.2, -0.15) is 0 Å². The zero-order valence-electron chi connectivity index (χ0n) is 14.7. The van der Waals surface area contributed by atoms with E-state index < -0.39 is 0 Å². The molecule has 1 aromatic carbocycles. The largest absolute Gasteiger partial charge is 0.495 e. The number of hydrogen-bond donors (Lipinski definition) is 2. The molecule has 0 aromatic heterocycles. The van der Waals surface area contributed by atoms with E-state index in [2.05, 4.69) is 5.32 Å². The number of ether oxygens (including phenoxy) is 2. The van der Waals surface area contributed by atoms with Gasteiger partial charge in [0.2, 0.25) is 0 Å². The first-order chi connectivity index (χ1) is 11.5. The maximum absolute atomic E-state index is 12.4. The molecule has 1 amide bonds. The van der Waals surface area contributed by atoms with Crippen molar-refractivity contribution in [1.82, 2.24) is 0 Å². The Morgan fingerprint density at radius 2 is 2.17 bits per heavy atom. The third-order valence-corrected chi connectivity index (χ3v) is 4.28. The van der Waals surface area contributed by atoms with Crippen molar-refractivity contribution in [3.05, 3.63) is 23.8 Å². The maximum Gasteiger partial charge on any atom is 0.314 e. The van der Waals surface area contributed by atoms with Crippen molar-refractivity contribution in [2.24, 2.45) is 5.92 Å². The number of carbonyl (C=O) groups excluding carboxylic acids is 2. The molecule has 2 rings (SSSR count). The number of esters is 1. The normalized spacial score (nSPS) is 20.3. The lowest BCUT2D eigenvalue weighted by Gasteiger charge is -2.28. The summed E-state index contributed by atoms with van der Waals surface area (Å²) >= 11 is 0. The molecule has 0 spiro atoms. The number of piperidine rings is 1. The van der Waals surface area contributed by atoms with Crippen molar-refractivity contribution in [2.45, 2.75) is 26.7 Å². The molecule has 1 aromatic rings. The molecule has 0 aliphatic carbocycles. The second-order valence-electron chi connectivity index (χ2n) is 6.22. The molecule has 0 radical (unpaired) electrons. The molecule has 132 valence electrons. The Labute approximate surface area is 143 Å². The highest BCUT2D eigenvalue weighted by atomic mass is 16.5. The van der Waals surface area contributed by atoms with Crippen molar-refractivity contribution in [3.8, 4) is 5.75 Å². The molecule has 1 saturated heterocycles. The highest BCUT2D eigenvalue weighted by molar-refractivity contribution is 5.93. The van der Waals surface area contributed by atoms with Crippen molar-refractivity contribution in [1.29, 1.82) is 0 Å². The summed E-state index contributed by atoms with van der Waals surface area (Å²) in [5.74, 6) is 0.330. The SMILES string of the molecule is CCOC(=O)[C@H]1CCC[NH+](CC(=O)Nc2cc(C)ccc2OC)C1. The Balaban J connectivity index is 1.92. The van der Waals surface area contributed by atoms with Crippen LogP contribution in [0.3, 0.4) is 0 Å². The van der Waals surface area contributed by atoms with Gasteiger partial charge >= 0.3 is 5.97 Å². The third-order valence-electron chi connectivity index (χ3n) is 4.28. The molecule has 0 saturated carbocycles. The standard InChI is InChI=1S/C18H26N2O4/c1-4-24-18(22)14-6-5-9-20(11-14)12-17(21)19-15-10-13(2)7-8-16(15)23-3/h7-8,10,14H,4-6,9,11-12H2,1-3H3,(H,19,21)/p+1/t14-/m0/s1. The Morgan fingerprint density at radius 3 is 2.88 bits per heavy atom. The molecule has 0 bridgehead atoms. The van der Waals surface area contributed by atoms with Crippen molar-refractivity contribution in [3.63, 3.8) is 0 Å². The molecule has 1 aliphatic heterocycles. The number of methoxy groups -OCH3 is 1. The van der Waals surface area contributed by atoms with Gasteiger partial charge in [0.05, 0.1) is 32.5 Å². The van der Waals surface area contributed by atoms with Crippen LogP contribution in [0, 0.1) is 12.8 Å². The van der Waals surface area contributed by atoms with E-state index >= 15 is 0 Å². The average Bonchev–Trinajstić information content (AvgIpc) is 2.55. The zero-order chi connectivity index (χ0) is 17.5. The van der Waals surface area contributed by atoms with Crippen LogP contribution in [0.25, 0.3) is 0 Å². The number of nitrogens with one attached hydrogen (secondary N) is 2. The fourth-order valence-corrected chi connectivity index (χ4v) is 3.11. The molecule has 2 atom stereocenters. The Morgan fingerprint density at radius 1 is 1.38 bits per heavy atom. The van der Waals surface area contributed by atoms with Crippen LogP contribution in [0.5, 0.6) is 5.75 Å². The highest BCUT2D eigenvalue weighted by Gasteiger charge is 2.30. The summed E-state index contributed by atoms with van der Waals surface area (Å²) in [7, 11) is 1.58. The minimum atomic E-state index is -0.143. The van der Waals surface area contributed by atoms with Gasteiger partial charge in [-0.15, -0.1) is 0 Å². The number of amides is 1. The second kappa shape index (κ2) is 8.68. The second-order valence-corrected chi connectivity index (χ2v) is 6.22. The fourth-order valence-electron chi connectivity index (χ4n) is 3.11. The first kappa shape index (κ1) is 18.3. The summed E-state index contributed by atoms with van der Waals surface area (Å²) in [4.78, 5) is 25.4. The van der Waals surface area contributed by atoms with Crippen LogP contribution in [-0.2, 0) is 14.3 Å². The molecular weight excluding hydrogens is 308 g/mol. The topological polar surface area (TPSA) is 69.1 Å². The van der Waals surface area contributed by atoms with Crippen LogP contribution in [-0.4, -0.2) is 45.2 Å². The monoisotopic (exact) mass is 335 g/mol. The third kappa shape index (κ3) is 4.96. The molecule has 1 unspecified atom stereocenters. The molecular formula is C18H27N2O4+. The Bertz CT molecular complexity index is 588. The first-order valence-corrected chi connectivity index (χ1v) is 8.48. The predicted molar refractivity (Wildman–Crippen MR) is 91.3 cm³/mol. The van der Waals surface area contributed by atoms with Gasteiger partial charge in [0.15, 0.2) is 6.54 Å². The van der Waals surface area contributed by atoms with Crippen LogP contribution in [0.2, 0.25) is 0 Å². The summed E-state index contributed by atoms with van der Waals surface area (Å²) in [6.45, 7) is 6.07. The van der Waals surface area contributed by atoms with E-state index in [1.54, 1.807) is 7.11 Å². The first-order valence-electron chi connectivity index (χ1n) is 8.48. The lowest BCUT2D eigenvalue weighted by atomic mass is 9.98. The van der Waals surface area contributed by atoms with E-state index in [4.69, 9.17) is 9.47 Å². The quantitative estimate of drug-likeness (QED) is 0.755. The number of quaternary nitrogens is 1. The minimum Gasteiger partial charge on any atom is -0.495 e. The van der Waals surface area contributed by atoms with E-state index in [0.717, 1.165) is 29.8 Å². The predicted octanol–water partition coefficient (Wildman–Crippen LogP) is 0.800. The smallest absolute Gasteiger partial charge is 0.314 e. The van der Waals surface area contributed by atoms with E-state index in [9.17, 15) is 9.59 Å². The number of likely N-dealkylation sites (tertiary alicyclic amines) is 1. The van der Waals surface area contributed by atoms with Gasteiger partial charge in [0.1, 0.15) is 11.7 Å². The zero-order valence-corrected chi connectivity index (χ0v) is 14.7. The number of benzene rings is 1. The number of carbonyl (C=O) groups is 2. The molecule has 1 aliphatic rings. The van der Waals surface area contributed by atoms with Gasteiger partial charge < -0.3 is 19.7 Å². The van der Waals surface area contributed by atoms with Crippen LogP contribution in [0.15, 0.2) is 18.2 Å². The summed E-state index contributed by atoms with van der Waals surface area (Å²) in [5, 5.41) is 2.92. The summed E-state index contributed by atoms with van der Waals surface area (Å²) in [6.07, 6.45) is 1.77. The van der Waals surface area contributed by atoms with Crippen LogP contribution in [0.1, 0.15) is 25.3 Å². The van der Waals surface area contributed by atoms with Gasteiger partial charge in [-0.3, -0.25) is 9.59 Å². The van der Waals surface area contributed by atoms with E-state index in [0.29, 0.717) is 31.1 Å². The lowest BCUT2D eigenvalue weighted by molar-refractivity contribution is -0.899. The molecule has 6 nitrogen and oxygen atoms in total. The van der Waals surface area contributed by atoms with E-state index in [-0.39, 0.29) is 17.8 Å². The molecule has 2 N–H and O–H groups in total. The lowest BCUT2D eigenvalue weighted by Crippen LogP contribution is -3.14. The van der Waals surface area contributed by atoms with Gasteiger partial charge in [-0.25, -0.2) is 0 Å². The molecule has 6 heteroatoms. The molecule has 1 heterocycles. The number of hydrogen-bond acceptors (Lipinski definition) is 4. The van der Waals surface area contributed by atoms with Gasteiger partial charge in [0, 0.05) is 0 Å². The van der Waals surface area contributed by atoms with E-state index in [1.807, 2.05) is 32.0 Å². The fraction of sp³-hybridized carbons (Fsp3) is 0.556. The summed E-state index contributed by atoms with van der Waals surface area (Å²) in [5.41, 5.74) is 1.74. The number of aryl methyl sites for hydroxylation is 1. The number of rotatable bonds is 6.